The number of benzene rings is 2. The molecule has 0 unspecified atom stereocenters. The maximum Gasteiger partial charge on any atom is 0.418 e. The highest BCUT2D eigenvalue weighted by molar-refractivity contribution is 9.10. The van der Waals surface area contributed by atoms with Crippen molar-refractivity contribution in [2.24, 2.45) is 0 Å². The van der Waals surface area contributed by atoms with Crippen LogP contribution in [0.3, 0.4) is 0 Å². The lowest BCUT2D eigenvalue weighted by Gasteiger charge is -2.12. The van der Waals surface area contributed by atoms with Crippen molar-refractivity contribution in [2.75, 3.05) is 5.73 Å². The summed E-state index contributed by atoms with van der Waals surface area (Å²) in [7, 11) is 0. The average molecular weight is 316 g/mol. The molecule has 94 valence electrons. The Labute approximate surface area is 111 Å². The molecular formula is C13H9BrF3N. The maximum atomic E-state index is 12.7. The molecule has 0 aliphatic rings. The molecule has 0 fully saturated rings. The van der Waals surface area contributed by atoms with E-state index in [0.717, 1.165) is 10.5 Å². The zero-order chi connectivity index (χ0) is 13.3. The lowest BCUT2D eigenvalue weighted by atomic mass is 10.0. The molecule has 0 aliphatic heterocycles. The van der Waals surface area contributed by atoms with Crippen molar-refractivity contribution in [3.05, 3.63) is 52.5 Å². The van der Waals surface area contributed by atoms with Crippen molar-refractivity contribution in [3.8, 4) is 11.1 Å². The smallest absolute Gasteiger partial charge is 0.398 e. The number of hydrogen-bond acceptors (Lipinski definition) is 1. The van der Waals surface area contributed by atoms with Gasteiger partial charge in [0, 0.05) is 10.2 Å². The van der Waals surface area contributed by atoms with Crippen molar-refractivity contribution in [1.82, 2.24) is 0 Å². The first-order valence-electron chi connectivity index (χ1n) is 5.10. The Balaban J connectivity index is 2.50. The third-order valence-corrected chi connectivity index (χ3v) is 3.06. The Kier molecular flexibility index (Phi) is 3.34. The Morgan fingerprint density at radius 3 is 2.00 bits per heavy atom. The molecule has 2 N–H and O–H groups in total. The van der Waals surface area contributed by atoms with E-state index in [1.54, 1.807) is 30.3 Å². The molecule has 0 amide bonds. The number of rotatable bonds is 1. The highest BCUT2D eigenvalue weighted by atomic mass is 79.9. The number of nitrogen functional groups attached to an aromatic ring is 1. The van der Waals surface area contributed by atoms with Gasteiger partial charge in [-0.05, 0) is 35.4 Å². The lowest BCUT2D eigenvalue weighted by Crippen LogP contribution is -2.08. The summed E-state index contributed by atoms with van der Waals surface area (Å²) in [6.07, 6.45) is -4.44. The Morgan fingerprint density at radius 2 is 1.44 bits per heavy atom. The lowest BCUT2D eigenvalue weighted by molar-refractivity contribution is -0.136. The fourth-order valence-electron chi connectivity index (χ4n) is 1.62. The van der Waals surface area contributed by atoms with Gasteiger partial charge in [0.2, 0.25) is 0 Å². The fraction of sp³-hybridized carbons (Fsp3) is 0.0769. The molecule has 2 rings (SSSR count). The largest absolute Gasteiger partial charge is 0.418 e. The second-order valence-electron chi connectivity index (χ2n) is 3.81. The van der Waals surface area contributed by atoms with Crippen molar-refractivity contribution < 1.29 is 13.2 Å². The minimum Gasteiger partial charge on any atom is -0.398 e. The van der Waals surface area contributed by atoms with E-state index in [0.29, 0.717) is 11.1 Å². The Hall–Kier alpha value is -1.49. The molecule has 0 atom stereocenters. The molecule has 0 bridgehead atoms. The summed E-state index contributed by atoms with van der Waals surface area (Å²) in [4.78, 5) is 0. The third-order valence-electron chi connectivity index (χ3n) is 2.54. The third kappa shape index (κ3) is 2.67. The molecular weight excluding hydrogens is 307 g/mol. The van der Waals surface area contributed by atoms with Gasteiger partial charge in [-0.15, -0.1) is 0 Å². The molecule has 5 heteroatoms. The van der Waals surface area contributed by atoms with E-state index in [1.165, 1.54) is 6.07 Å². The summed E-state index contributed by atoms with van der Waals surface area (Å²) in [5.41, 5.74) is 5.49. The first kappa shape index (κ1) is 13.0. The van der Waals surface area contributed by atoms with Crippen LogP contribution in [0.25, 0.3) is 11.1 Å². The van der Waals surface area contributed by atoms with E-state index in [2.05, 4.69) is 15.9 Å². The monoisotopic (exact) mass is 315 g/mol. The zero-order valence-electron chi connectivity index (χ0n) is 9.13. The quantitative estimate of drug-likeness (QED) is 0.757. The summed E-state index contributed by atoms with van der Waals surface area (Å²) >= 11 is 3.28. The fourth-order valence-corrected chi connectivity index (χ4v) is 1.89. The van der Waals surface area contributed by atoms with Crippen LogP contribution < -0.4 is 5.73 Å². The molecule has 0 aliphatic carbocycles. The van der Waals surface area contributed by atoms with Crippen molar-refractivity contribution in [2.45, 2.75) is 6.18 Å². The summed E-state index contributed by atoms with van der Waals surface area (Å²) < 4.78 is 39.0. The van der Waals surface area contributed by atoms with E-state index >= 15 is 0 Å². The molecule has 1 nitrogen and oxygen atoms in total. The second kappa shape index (κ2) is 4.65. The van der Waals surface area contributed by atoms with Gasteiger partial charge in [0.05, 0.1) is 5.56 Å². The van der Waals surface area contributed by atoms with E-state index in [4.69, 9.17) is 5.73 Å². The van der Waals surface area contributed by atoms with Crippen LogP contribution >= 0.6 is 15.9 Å². The number of alkyl halides is 3. The molecule has 0 spiro atoms. The normalized spacial score (nSPS) is 11.6. The Morgan fingerprint density at radius 1 is 0.889 bits per heavy atom. The van der Waals surface area contributed by atoms with Crippen molar-refractivity contribution in [3.63, 3.8) is 0 Å². The van der Waals surface area contributed by atoms with Gasteiger partial charge in [0.1, 0.15) is 0 Å². The summed E-state index contributed by atoms with van der Waals surface area (Å²) in [6.45, 7) is 0. The molecule has 0 saturated heterocycles. The molecule has 0 heterocycles. The van der Waals surface area contributed by atoms with Crippen LogP contribution in [-0.4, -0.2) is 0 Å². The van der Waals surface area contributed by atoms with Gasteiger partial charge in [-0.2, -0.15) is 13.2 Å². The molecule has 2 aromatic rings. The van der Waals surface area contributed by atoms with Crippen molar-refractivity contribution >= 4 is 21.6 Å². The van der Waals surface area contributed by atoms with Gasteiger partial charge >= 0.3 is 6.18 Å². The average Bonchev–Trinajstić information content (AvgIpc) is 2.29. The topological polar surface area (TPSA) is 26.0 Å². The first-order valence-corrected chi connectivity index (χ1v) is 5.90. The second-order valence-corrected chi connectivity index (χ2v) is 4.72. The minimum absolute atomic E-state index is 0.261. The van der Waals surface area contributed by atoms with Gasteiger partial charge in [-0.3, -0.25) is 0 Å². The number of anilines is 1. The van der Waals surface area contributed by atoms with Crippen molar-refractivity contribution in [1.29, 1.82) is 0 Å². The number of hydrogen-bond donors (Lipinski definition) is 1. The predicted octanol–water partition coefficient (Wildman–Crippen LogP) is 4.72. The van der Waals surface area contributed by atoms with Gasteiger partial charge in [0.25, 0.3) is 0 Å². The molecule has 0 aromatic heterocycles. The standard InChI is InChI=1S/C13H9BrF3N/c14-10-4-1-8(2-5-10)9-3-6-12(18)11(7-9)13(15,16)17/h1-7H,18H2. The maximum absolute atomic E-state index is 12.7. The summed E-state index contributed by atoms with van der Waals surface area (Å²) in [5.74, 6) is 0. The van der Waals surface area contributed by atoms with Gasteiger partial charge in [-0.1, -0.05) is 34.1 Å². The number of halogens is 4. The SMILES string of the molecule is Nc1ccc(-c2ccc(Br)cc2)cc1C(F)(F)F. The first-order chi connectivity index (χ1) is 8.38. The van der Waals surface area contributed by atoms with E-state index in [9.17, 15) is 13.2 Å². The minimum atomic E-state index is -4.44. The molecule has 0 radical (unpaired) electrons. The van der Waals surface area contributed by atoms with Gasteiger partial charge in [-0.25, -0.2) is 0 Å². The molecule has 0 saturated carbocycles. The highest BCUT2D eigenvalue weighted by Gasteiger charge is 2.33. The van der Waals surface area contributed by atoms with E-state index < -0.39 is 11.7 Å². The highest BCUT2D eigenvalue weighted by Crippen LogP contribution is 2.36. The van der Waals surface area contributed by atoms with Crippen LogP contribution in [-0.2, 0) is 6.18 Å². The Bertz CT molecular complexity index is 561. The molecule has 18 heavy (non-hydrogen) atoms. The molecule has 2 aromatic carbocycles. The van der Waals surface area contributed by atoms with Crippen LogP contribution in [0.4, 0.5) is 18.9 Å². The van der Waals surface area contributed by atoms with Crippen LogP contribution in [0.2, 0.25) is 0 Å². The number of nitrogens with two attached hydrogens (primary N) is 1. The van der Waals surface area contributed by atoms with E-state index in [1.807, 2.05) is 0 Å². The van der Waals surface area contributed by atoms with E-state index in [-0.39, 0.29) is 5.69 Å². The van der Waals surface area contributed by atoms with Crippen LogP contribution in [0.5, 0.6) is 0 Å². The van der Waals surface area contributed by atoms with Gasteiger partial charge in [0.15, 0.2) is 0 Å². The predicted molar refractivity (Wildman–Crippen MR) is 69.0 cm³/mol. The van der Waals surface area contributed by atoms with Gasteiger partial charge < -0.3 is 5.73 Å². The zero-order valence-corrected chi connectivity index (χ0v) is 10.7. The van der Waals surface area contributed by atoms with Crippen LogP contribution in [0.1, 0.15) is 5.56 Å². The summed E-state index contributed by atoms with van der Waals surface area (Å²) in [5, 5.41) is 0. The van der Waals surface area contributed by atoms with Crippen LogP contribution in [0.15, 0.2) is 46.9 Å². The van der Waals surface area contributed by atoms with Crippen LogP contribution in [0, 0.1) is 0 Å². The summed E-state index contributed by atoms with van der Waals surface area (Å²) in [6, 6.07) is 11.0.